The summed E-state index contributed by atoms with van der Waals surface area (Å²) in [4.78, 5) is 11.0. The van der Waals surface area contributed by atoms with Gasteiger partial charge in [0.2, 0.25) is 5.91 Å². The molecule has 1 aliphatic rings. The fourth-order valence-corrected chi connectivity index (χ4v) is 2.05. The predicted octanol–water partition coefficient (Wildman–Crippen LogP) is 1.61. The molecule has 1 fully saturated rings. The number of carbonyl (C=O) groups excluding carboxylic acids is 1. The second kappa shape index (κ2) is 5.03. The summed E-state index contributed by atoms with van der Waals surface area (Å²) in [5.41, 5.74) is -0.402. The van der Waals surface area contributed by atoms with Gasteiger partial charge < -0.3 is 10.4 Å². The van der Waals surface area contributed by atoms with Crippen molar-refractivity contribution in [2.75, 3.05) is 13.2 Å². The highest BCUT2D eigenvalue weighted by molar-refractivity contribution is 5.76. The average Bonchev–Trinajstić information content (AvgIpc) is 2.61. The van der Waals surface area contributed by atoms with Crippen LogP contribution in [-0.2, 0) is 4.79 Å². The van der Waals surface area contributed by atoms with Crippen LogP contribution in [0.5, 0.6) is 0 Å². The van der Waals surface area contributed by atoms with E-state index in [9.17, 15) is 23.1 Å². The molecule has 6 heteroatoms. The van der Waals surface area contributed by atoms with E-state index >= 15 is 0 Å². The predicted molar refractivity (Wildman–Crippen MR) is 51.7 cm³/mol. The third-order valence-electron chi connectivity index (χ3n) is 3.02. The van der Waals surface area contributed by atoms with Gasteiger partial charge in [-0.2, -0.15) is 13.2 Å². The molecule has 2 N–H and O–H groups in total. The molecule has 0 aliphatic heterocycles. The summed E-state index contributed by atoms with van der Waals surface area (Å²) in [5.74, 6) is -1.02. The van der Waals surface area contributed by atoms with Gasteiger partial charge in [0.05, 0.1) is 6.61 Å². The first-order valence-corrected chi connectivity index (χ1v) is 5.31. The second-order valence-electron chi connectivity index (χ2n) is 4.43. The summed E-state index contributed by atoms with van der Waals surface area (Å²) < 4.78 is 35.6. The van der Waals surface area contributed by atoms with Gasteiger partial charge in [0.25, 0.3) is 0 Å². The van der Waals surface area contributed by atoms with Crippen molar-refractivity contribution in [3.05, 3.63) is 0 Å². The van der Waals surface area contributed by atoms with Gasteiger partial charge in [-0.25, -0.2) is 0 Å². The van der Waals surface area contributed by atoms with Crippen molar-refractivity contribution >= 4 is 5.91 Å². The second-order valence-corrected chi connectivity index (χ2v) is 4.43. The van der Waals surface area contributed by atoms with Crippen LogP contribution in [0.15, 0.2) is 0 Å². The summed E-state index contributed by atoms with van der Waals surface area (Å²) in [6.07, 6.45) is -2.49. The Morgan fingerprint density at radius 2 is 1.88 bits per heavy atom. The molecule has 0 heterocycles. The Kier molecular flexibility index (Phi) is 4.18. The fourth-order valence-electron chi connectivity index (χ4n) is 2.05. The summed E-state index contributed by atoms with van der Waals surface area (Å²) in [5, 5.41) is 11.4. The highest BCUT2D eigenvalue weighted by Crippen LogP contribution is 2.36. The number of nitrogens with one attached hydrogen (secondary N) is 1. The molecule has 1 amide bonds. The van der Waals surface area contributed by atoms with Gasteiger partial charge >= 0.3 is 6.18 Å². The summed E-state index contributed by atoms with van der Waals surface area (Å²) >= 11 is 0. The smallest absolute Gasteiger partial charge is 0.396 e. The van der Waals surface area contributed by atoms with Crippen molar-refractivity contribution in [2.24, 2.45) is 5.41 Å². The Morgan fingerprint density at radius 1 is 1.31 bits per heavy atom. The summed E-state index contributed by atoms with van der Waals surface area (Å²) in [6, 6.07) is 0. The standard InChI is InChI=1S/C10H16F3NO2/c11-10(12,13)5-8(16)14-6-9(7-15)3-1-2-4-9/h15H,1-7H2,(H,14,16). The topological polar surface area (TPSA) is 49.3 Å². The molecule has 0 unspecified atom stereocenters. The van der Waals surface area contributed by atoms with Gasteiger partial charge in [-0.3, -0.25) is 4.79 Å². The number of carbonyl (C=O) groups is 1. The highest BCUT2D eigenvalue weighted by atomic mass is 19.4. The number of halogens is 3. The average molecular weight is 239 g/mol. The highest BCUT2D eigenvalue weighted by Gasteiger charge is 2.35. The lowest BCUT2D eigenvalue weighted by molar-refractivity contribution is -0.154. The molecule has 0 aromatic rings. The number of hydrogen-bond donors (Lipinski definition) is 2. The monoisotopic (exact) mass is 239 g/mol. The molecular weight excluding hydrogens is 223 g/mol. The van der Waals surface area contributed by atoms with Crippen molar-refractivity contribution in [3.8, 4) is 0 Å². The van der Waals surface area contributed by atoms with Gasteiger partial charge in [-0.1, -0.05) is 12.8 Å². The lowest BCUT2D eigenvalue weighted by Gasteiger charge is -2.26. The molecule has 0 bridgehead atoms. The van der Waals surface area contributed by atoms with Crippen LogP contribution in [0.25, 0.3) is 0 Å². The maximum atomic E-state index is 11.9. The zero-order chi connectivity index (χ0) is 12.2. The van der Waals surface area contributed by atoms with E-state index in [2.05, 4.69) is 5.32 Å². The zero-order valence-corrected chi connectivity index (χ0v) is 8.94. The molecule has 0 atom stereocenters. The first-order valence-electron chi connectivity index (χ1n) is 5.31. The largest absolute Gasteiger partial charge is 0.397 e. The number of aliphatic hydroxyl groups is 1. The van der Waals surface area contributed by atoms with Gasteiger partial charge in [-0.05, 0) is 12.8 Å². The molecule has 16 heavy (non-hydrogen) atoms. The van der Waals surface area contributed by atoms with Crippen molar-refractivity contribution in [2.45, 2.75) is 38.3 Å². The number of rotatable bonds is 4. The van der Waals surface area contributed by atoms with E-state index < -0.39 is 23.9 Å². The number of aliphatic hydroxyl groups excluding tert-OH is 1. The molecular formula is C10H16F3NO2. The maximum absolute atomic E-state index is 11.9. The lowest BCUT2D eigenvalue weighted by Crippen LogP contribution is -2.39. The number of hydrogen-bond acceptors (Lipinski definition) is 2. The zero-order valence-electron chi connectivity index (χ0n) is 8.94. The van der Waals surface area contributed by atoms with Crippen LogP contribution in [0.2, 0.25) is 0 Å². The molecule has 0 saturated heterocycles. The Hall–Kier alpha value is -0.780. The molecule has 3 nitrogen and oxygen atoms in total. The molecule has 0 spiro atoms. The minimum atomic E-state index is -4.47. The maximum Gasteiger partial charge on any atom is 0.397 e. The van der Waals surface area contributed by atoms with Gasteiger partial charge in [0.1, 0.15) is 6.42 Å². The lowest BCUT2D eigenvalue weighted by atomic mass is 9.87. The van der Waals surface area contributed by atoms with Crippen LogP contribution in [0.1, 0.15) is 32.1 Å². The van der Waals surface area contributed by atoms with Crippen LogP contribution in [0.4, 0.5) is 13.2 Å². The van der Waals surface area contributed by atoms with E-state index in [4.69, 9.17) is 0 Å². The Balaban J connectivity index is 2.35. The number of amides is 1. The van der Waals surface area contributed by atoms with E-state index in [-0.39, 0.29) is 13.2 Å². The van der Waals surface area contributed by atoms with Crippen molar-refractivity contribution in [1.82, 2.24) is 5.32 Å². The van der Waals surface area contributed by atoms with E-state index in [0.29, 0.717) is 0 Å². The van der Waals surface area contributed by atoms with E-state index in [1.165, 1.54) is 0 Å². The van der Waals surface area contributed by atoms with Crippen molar-refractivity contribution in [1.29, 1.82) is 0 Å². The molecule has 94 valence electrons. The minimum Gasteiger partial charge on any atom is -0.396 e. The van der Waals surface area contributed by atoms with Crippen LogP contribution in [0, 0.1) is 5.41 Å². The normalized spacial score (nSPS) is 19.8. The third kappa shape index (κ3) is 4.00. The molecule has 0 aromatic heterocycles. The van der Waals surface area contributed by atoms with E-state index in [1.54, 1.807) is 0 Å². The molecule has 0 radical (unpaired) electrons. The van der Waals surface area contributed by atoms with Gasteiger partial charge in [-0.15, -0.1) is 0 Å². The van der Waals surface area contributed by atoms with E-state index in [1.807, 2.05) is 0 Å². The Morgan fingerprint density at radius 3 is 2.31 bits per heavy atom. The molecule has 0 aromatic carbocycles. The SMILES string of the molecule is O=C(CC(F)(F)F)NCC1(CO)CCCC1. The summed E-state index contributed by atoms with van der Waals surface area (Å²) in [7, 11) is 0. The van der Waals surface area contributed by atoms with Gasteiger partial charge in [0.15, 0.2) is 0 Å². The van der Waals surface area contributed by atoms with E-state index in [0.717, 1.165) is 25.7 Å². The van der Waals surface area contributed by atoms with Crippen molar-refractivity contribution < 1.29 is 23.1 Å². The third-order valence-corrected chi connectivity index (χ3v) is 3.02. The van der Waals surface area contributed by atoms with Crippen LogP contribution in [-0.4, -0.2) is 30.3 Å². The Bertz CT molecular complexity index is 247. The number of alkyl halides is 3. The molecule has 1 saturated carbocycles. The molecule has 1 aliphatic carbocycles. The fraction of sp³-hybridized carbons (Fsp3) is 0.900. The van der Waals surface area contributed by atoms with Crippen LogP contribution >= 0.6 is 0 Å². The quantitative estimate of drug-likeness (QED) is 0.783. The van der Waals surface area contributed by atoms with Crippen LogP contribution in [0.3, 0.4) is 0 Å². The van der Waals surface area contributed by atoms with Crippen molar-refractivity contribution in [3.63, 3.8) is 0 Å². The minimum absolute atomic E-state index is 0.0840. The first-order chi connectivity index (χ1) is 7.37. The Labute approximate surface area is 92.0 Å². The first kappa shape index (κ1) is 13.3. The van der Waals surface area contributed by atoms with Crippen LogP contribution < -0.4 is 5.32 Å². The molecule has 1 rings (SSSR count). The van der Waals surface area contributed by atoms with Gasteiger partial charge in [0, 0.05) is 12.0 Å². The summed E-state index contributed by atoms with van der Waals surface area (Å²) in [6.45, 7) is 0.0533.